The number of fused-ring (bicyclic) bond motifs is 1. The second-order valence-electron chi connectivity index (χ2n) is 5.11. The molecule has 3 rings (SSSR count). The van der Waals surface area contributed by atoms with Crippen molar-refractivity contribution in [3.8, 4) is 11.5 Å². The fraction of sp³-hybridized carbons (Fsp3) is 0.571. The van der Waals surface area contributed by atoms with Crippen LogP contribution in [0.5, 0.6) is 11.5 Å². The van der Waals surface area contributed by atoms with Crippen molar-refractivity contribution < 1.29 is 9.47 Å². The van der Waals surface area contributed by atoms with Gasteiger partial charge in [-0.2, -0.15) is 0 Å². The highest BCUT2D eigenvalue weighted by Gasteiger charge is 2.33. The van der Waals surface area contributed by atoms with Crippen LogP contribution in [0.25, 0.3) is 0 Å². The van der Waals surface area contributed by atoms with Crippen molar-refractivity contribution in [2.24, 2.45) is 5.92 Å². The highest BCUT2D eigenvalue weighted by Crippen LogP contribution is 2.35. The molecule has 0 saturated heterocycles. The zero-order chi connectivity index (χ0) is 11.8. The van der Waals surface area contributed by atoms with Gasteiger partial charge in [-0.3, -0.25) is 0 Å². The first-order valence-electron chi connectivity index (χ1n) is 6.39. The van der Waals surface area contributed by atoms with E-state index in [2.05, 4.69) is 31.3 Å². The molecule has 1 fully saturated rings. The molecule has 3 atom stereocenters. The zero-order valence-corrected chi connectivity index (χ0v) is 10.4. The molecule has 1 aromatic carbocycles. The second-order valence-corrected chi connectivity index (χ2v) is 5.11. The van der Waals surface area contributed by atoms with Gasteiger partial charge < -0.3 is 14.8 Å². The van der Waals surface area contributed by atoms with E-state index in [9.17, 15) is 0 Å². The minimum atomic E-state index is 0.376. The molecule has 3 heteroatoms. The molecule has 0 spiro atoms. The average Bonchev–Trinajstić information content (AvgIpc) is 3.04. The topological polar surface area (TPSA) is 30.5 Å². The summed E-state index contributed by atoms with van der Waals surface area (Å²) in [5, 5.41) is 3.63. The fourth-order valence-electron chi connectivity index (χ4n) is 2.30. The maximum Gasteiger partial charge on any atom is 0.161 e. The maximum absolute atomic E-state index is 5.60. The molecule has 1 N–H and O–H groups in total. The Labute approximate surface area is 102 Å². The first-order valence-corrected chi connectivity index (χ1v) is 6.39. The van der Waals surface area contributed by atoms with Gasteiger partial charge in [-0.25, -0.2) is 0 Å². The lowest BCUT2D eigenvalue weighted by molar-refractivity contribution is 0.171. The monoisotopic (exact) mass is 233 g/mol. The summed E-state index contributed by atoms with van der Waals surface area (Å²) in [5.74, 6) is 2.58. The Morgan fingerprint density at radius 3 is 2.65 bits per heavy atom. The third-order valence-electron chi connectivity index (χ3n) is 3.64. The van der Waals surface area contributed by atoms with Crippen LogP contribution in [0.15, 0.2) is 18.2 Å². The van der Waals surface area contributed by atoms with E-state index in [1.54, 1.807) is 0 Å². The van der Waals surface area contributed by atoms with Crippen LogP contribution in [0, 0.1) is 5.92 Å². The molecule has 2 aliphatic rings. The summed E-state index contributed by atoms with van der Waals surface area (Å²) in [6.07, 6.45) is 1.30. The van der Waals surface area contributed by atoms with Crippen LogP contribution >= 0.6 is 0 Å². The summed E-state index contributed by atoms with van der Waals surface area (Å²) >= 11 is 0. The number of hydrogen-bond donors (Lipinski definition) is 1. The van der Waals surface area contributed by atoms with E-state index in [1.165, 1.54) is 12.0 Å². The van der Waals surface area contributed by atoms with Gasteiger partial charge in [0, 0.05) is 12.1 Å². The number of rotatable bonds is 3. The Hall–Kier alpha value is -1.22. The molecule has 0 aromatic heterocycles. The largest absolute Gasteiger partial charge is 0.486 e. The summed E-state index contributed by atoms with van der Waals surface area (Å²) in [7, 11) is 0. The van der Waals surface area contributed by atoms with E-state index in [0.29, 0.717) is 25.3 Å². The standard InChI is InChI=1S/C14H19NO2/c1-9-7-12(9)15-10(2)11-3-4-13-14(8-11)17-6-5-16-13/h3-4,8-10,12,15H,5-7H2,1-2H3. The van der Waals surface area contributed by atoms with Crippen molar-refractivity contribution in [1.82, 2.24) is 5.32 Å². The molecule has 0 bridgehead atoms. The molecule has 17 heavy (non-hydrogen) atoms. The molecule has 1 aromatic rings. The lowest BCUT2D eigenvalue weighted by Gasteiger charge is -2.21. The first kappa shape index (κ1) is 10.9. The molecule has 1 aliphatic carbocycles. The molecule has 1 heterocycles. The summed E-state index contributed by atoms with van der Waals surface area (Å²) in [4.78, 5) is 0. The normalized spacial score (nSPS) is 27.6. The van der Waals surface area contributed by atoms with Gasteiger partial charge >= 0.3 is 0 Å². The average molecular weight is 233 g/mol. The van der Waals surface area contributed by atoms with Gasteiger partial charge in [0.2, 0.25) is 0 Å². The Morgan fingerprint density at radius 1 is 1.24 bits per heavy atom. The lowest BCUT2D eigenvalue weighted by atomic mass is 10.1. The minimum absolute atomic E-state index is 0.376. The van der Waals surface area contributed by atoms with Gasteiger partial charge in [-0.1, -0.05) is 13.0 Å². The highest BCUT2D eigenvalue weighted by molar-refractivity contribution is 5.44. The number of nitrogens with one attached hydrogen (secondary N) is 1. The van der Waals surface area contributed by atoms with Crippen LogP contribution in [0.2, 0.25) is 0 Å². The van der Waals surface area contributed by atoms with Crippen LogP contribution in [0.1, 0.15) is 31.9 Å². The molecule has 1 saturated carbocycles. The smallest absolute Gasteiger partial charge is 0.161 e. The van der Waals surface area contributed by atoms with Crippen LogP contribution in [-0.4, -0.2) is 19.3 Å². The Bertz CT molecular complexity index is 419. The van der Waals surface area contributed by atoms with Gasteiger partial charge in [0.05, 0.1) is 0 Å². The fourth-order valence-corrected chi connectivity index (χ4v) is 2.30. The van der Waals surface area contributed by atoms with Crippen LogP contribution in [-0.2, 0) is 0 Å². The van der Waals surface area contributed by atoms with E-state index >= 15 is 0 Å². The Balaban J connectivity index is 1.73. The lowest BCUT2D eigenvalue weighted by Crippen LogP contribution is -2.22. The quantitative estimate of drug-likeness (QED) is 0.870. The van der Waals surface area contributed by atoms with Crippen molar-refractivity contribution in [3.05, 3.63) is 23.8 Å². The van der Waals surface area contributed by atoms with Gasteiger partial charge in [-0.05, 0) is 37.0 Å². The van der Waals surface area contributed by atoms with E-state index in [-0.39, 0.29) is 0 Å². The number of hydrogen-bond acceptors (Lipinski definition) is 3. The summed E-state index contributed by atoms with van der Waals surface area (Å²) in [5.41, 5.74) is 1.27. The highest BCUT2D eigenvalue weighted by atomic mass is 16.6. The predicted molar refractivity (Wildman–Crippen MR) is 66.6 cm³/mol. The van der Waals surface area contributed by atoms with Gasteiger partial charge in [0.25, 0.3) is 0 Å². The van der Waals surface area contributed by atoms with Crippen molar-refractivity contribution in [1.29, 1.82) is 0 Å². The van der Waals surface area contributed by atoms with Gasteiger partial charge in [0.1, 0.15) is 13.2 Å². The molecule has 3 nitrogen and oxygen atoms in total. The van der Waals surface area contributed by atoms with Crippen molar-refractivity contribution in [3.63, 3.8) is 0 Å². The van der Waals surface area contributed by atoms with E-state index in [1.807, 2.05) is 6.07 Å². The van der Waals surface area contributed by atoms with Crippen molar-refractivity contribution in [2.45, 2.75) is 32.4 Å². The molecule has 0 radical (unpaired) electrons. The van der Waals surface area contributed by atoms with Crippen LogP contribution in [0.3, 0.4) is 0 Å². The summed E-state index contributed by atoms with van der Waals surface area (Å²) < 4.78 is 11.1. The molecule has 1 aliphatic heterocycles. The molecular formula is C14H19NO2. The Morgan fingerprint density at radius 2 is 1.94 bits per heavy atom. The van der Waals surface area contributed by atoms with Crippen molar-refractivity contribution >= 4 is 0 Å². The molecular weight excluding hydrogens is 214 g/mol. The predicted octanol–water partition coefficient (Wildman–Crippen LogP) is 2.52. The molecule has 92 valence electrons. The third-order valence-corrected chi connectivity index (χ3v) is 3.64. The van der Waals surface area contributed by atoms with Crippen molar-refractivity contribution in [2.75, 3.05) is 13.2 Å². The minimum Gasteiger partial charge on any atom is -0.486 e. The van der Waals surface area contributed by atoms with Gasteiger partial charge in [0.15, 0.2) is 11.5 Å². The third kappa shape index (κ3) is 2.25. The van der Waals surface area contributed by atoms with E-state index in [0.717, 1.165) is 17.4 Å². The van der Waals surface area contributed by atoms with Gasteiger partial charge in [-0.15, -0.1) is 0 Å². The summed E-state index contributed by atoms with van der Waals surface area (Å²) in [6.45, 7) is 5.79. The zero-order valence-electron chi connectivity index (χ0n) is 10.4. The van der Waals surface area contributed by atoms with Crippen LogP contribution in [0.4, 0.5) is 0 Å². The van der Waals surface area contributed by atoms with Crippen LogP contribution < -0.4 is 14.8 Å². The SMILES string of the molecule is CC(NC1CC1C)c1ccc2c(c1)OCCO2. The summed E-state index contributed by atoms with van der Waals surface area (Å²) in [6, 6.07) is 7.30. The number of ether oxygens (including phenoxy) is 2. The van der Waals surface area contributed by atoms with E-state index in [4.69, 9.17) is 9.47 Å². The molecule has 3 unspecified atom stereocenters. The Kier molecular flexibility index (Phi) is 2.71. The first-order chi connectivity index (χ1) is 8.24. The molecule has 0 amide bonds. The maximum atomic E-state index is 5.60. The number of benzene rings is 1. The second kappa shape index (κ2) is 4.22. The van der Waals surface area contributed by atoms with E-state index < -0.39 is 0 Å².